The minimum absolute atomic E-state index is 0.221. The molecule has 30 heavy (non-hydrogen) atoms. The molecule has 6 heteroatoms. The zero-order valence-electron chi connectivity index (χ0n) is 16.9. The van der Waals surface area contributed by atoms with Gasteiger partial charge in [-0.1, -0.05) is 30.3 Å². The normalized spacial score (nSPS) is 11.3. The van der Waals surface area contributed by atoms with Crippen molar-refractivity contribution in [1.82, 2.24) is 14.5 Å². The van der Waals surface area contributed by atoms with E-state index in [1.54, 1.807) is 12.3 Å². The number of hydrogen-bond donors (Lipinski definition) is 1. The highest BCUT2D eigenvalue weighted by atomic mass is 32.1. The summed E-state index contributed by atoms with van der Waals surface area (Å²) in [6.07, 6.45) is 6.93. The van der Waals surface area contributed by atoms with Crippen LogP contribution in [0, 0.1) is 13.8 Å². The molecule has 0 fully saturated rings. The van der Waals surface area contributed by atoms with Gasteiger partial charge in [-0.25, -0.2) is 4.98 Å². The van der Waals surface area contributed by atoms with Crippen LogP contribution in [0.4, 0.5) is 5.13 Å². The van der Waals surface area contributed by atoms with Crippen LogP contribution in [0.3, 0.4) is 0 Å². The van der Waals surface area contributed by atoms with E-state index >= 15 is 0 Å². The molecule has 0 aliphatic rings. The third-order valence-electron chi connectivity index (χ3n) is 4.97. The molecule has 0 unspecified atom stereocenters. The van der Waals surface area contributed by atoms with Crippen LogP contribution < -0.4 is 5.32 Å². The summed E-state index contributed by atoms with van der Waals surface area (Å²) in [5, 5.41) is 6.43. The number of carbonyl (C=O) groups is 1. The van der Waals surface area contributed by atoms with Gasteiger partial charge in [-0.15, -0.1) is 17.9 Å². The Balaban J connectivity index is 1.50. The van der Waals surface area contributed by atoms with Crippen LogP contribution in [-0.2, 0) is 11.3 Å². The van der Waals surface area contributed by atoms with Gasteiger partial charge in [0.05, 0.1) is 11.2 Å². The first kappa shape index (κ1) is 19.8. The van der Waals surface area contributed by atoms with Crippen molar-refractivity contribution in [3.63, 3.8) is 0 Å². The molecule has 0 saturated carbocycles. The predicted molar refractivity (Wildman–Crippen MR) is 125 cm³/mol. The van der Waals surface area contributed by atoms with Gasteiger partial charge in [0.2, 0.25) is 5.91 Å². The molecule has 0 atom stereocenters. The van der Waals surface area contributed by atoms with Crippen LogP contribution in [0.25, 0.3) is 28.2 Å². The van der Waals surface area contributed by atoms with Crippen molar-refractivity contribution >= 4 is 39.4 Å². The highest BCUT2D eigenvalue weighted by Crippen LogP contribution is 2.30. The lowest BCUT2D eigenvalue weighted by atomic mass is 10.1. The molecule has 0 saturated heterocycles. The Morgan fingerprint density at radius 3 is 2.93 bits per heavy atom. The molecule has 0 aliphatic carbocycles. The van der Waals surface area contributed by atoms with Crippen molar-refractivity contribution in [3.8, 4) is 11.3 Å². The Labute approximate surface area is 179 Å². The van der Waals surface area contributed by atoms with Crippen LogP contribution >= 0.6 is 11.3 Å². The SMILES string of the molecule is C=CCn1c(C)cc(-c2csc(NC(=O)/C=C/c3cccc4cccnc34)n2)c1C. The Hall–Kier alpha value is -3.51. The summed E-state index contributed by atoms with van der Waals surface area (Å²) in [5.41, 5.74) is 6.00. The molecule has 3 aromatic heterocycles. The number of nitrogens with zero attached hydrogens (tertiary/aromatic N) is 3. The fourth-order valence-corrected chi connectivity index (χ4v) is 4.21. The molecule has 5 nitrogen and oxygen atoms in total. The van der Waals surface area contributed by atoms with E-state index < -0.39 is 0 Å². The number of pyridine rings is 1. The highest BCUT2D eigenvalue weighted by Gasteiger charge is 2.13. The lowest BCUT2D eigenvalue weighted by Gasteiger charge is -2.05. The minimum atomic E-state index is -0.221. The highest BCUT2D eigenvalue weighted by molar-refractivity contribution is 7.14. The van der Waals surface area contributed by atoms with Crippen LogP contribution in [0.1, 0.15) is 17.0 Å². The second-order valence-corrected chi connectivity index (χ2v) is 7.83. The van der Waals surface area contributed by atoms with Gasteiger partial charge in [0.25, 0.3) is 0 Å². The van der Waals surface area contributed by atoms with Crippen LogP contribution in [0.2, 0.25) is 0 Å². The smallest absolute Gasteiger partial charge is 0.250 e. The van der Waals surface area contributed by atoms with Gasteiger partial charge in [0, 0.05) is 52.1 Å². The van der Waals surface area contributed by atoms with Gasteiger partial charge in [0.1, 0.15) is 0 Å². The molecule has 0 radical (unpaired) electrons. The van der Waals surface area contributed by atoms with E-state index in [4.69, 9.17) is 0 Å². The first-order valence-electron chi connectivity index (χ1n) is 9.63. The maximum Gasteiger partial charge on any atom is 0.250 e. The van der Waals surface area contributed by atoms with E-state index in [1.165, 1.54) is 17.4 Å². The maximum absolute atomic E-state index is 12.4. The molecule has 0 spiro atoms. The van der Waals surface area contributed by atoms with Gasteiger partial charge in [-0.3, -0.25) is 15.1 Å². The van der Waals surface area contributed by atoms with Crippen molar-refractivity contribution in [3.05, 3.63) is 83.7 Å². The third-order valence-corrected chi connectivity index (χ3v) is 5.73. The monoisotopic (exact) mass is 414 g/mol. The van der Waals surface area contributed by atoms with Crippen LogP contribution in [0.15, 0.2) is 66.7 Å². The fourth-order valence-electron chi connectivity index (χ4n) is 3.50. The number of fused-ring (bicyclic) bond motifs is 1. The minimum Gasteiger partial charge on any atom is -0.345 e. The number of thiazole rings is 1. The van der Waals surface area contributed by atoms with E-state index in [9.17, 15) is 4.79 Å². The molecule has 150 valence electrons. The molecule has 3 heterocycles. The molecule has 1 aromatic carbocycles. The quantitative estimate of drug-likeness (QED) is 0.329. The summed E-state index contributed by atoms with van der Waals surface area (Å²) in [5.74, 6) is -0.221. The Kier molecular flexibility index (Phi) is 5.59. The summed E-state index contributed by atoms with van der Waals surface area (Å²) in [6.45, 7) is 8.73. The maximum atomic E-state index is 12.4. The zero-order chi connectivity index (χ0) is 21.1. The second-order valence-electron chi connectivity index (χ2n) is 6.97. The summed E-state index contributed by atoms with van der Waals surface area (Å²) in [6, 6.07) is 11.9. The van der Waals surface area contributed by atoms with Crippen molar-refractivity contribution in [2.24, 2.45) is 0 Å². The van der Waals surface area contributed by atoms with E-state index in [0.717, 1.165) is 45.7 Å². The number of para-hydroxylation sites is 1. The largest absolute Gasteiger partial charge is 0.345 e. The Morgan fingerprint density at radius 1 is 1.27 bits per heavy atom. The molecular weight excluding hydrogens is 392 g/mol. The number of carbonyl (C=O) groups excluding carboxylic acids is 1. The number of benzene rings is 1. The summed E-state index contributed by atoms with van der Waals surface area (Å²) in [4.78, 5) is 21.4. The number of amides is 1. The van der Waals surface area contributed by atoms with E-state index in [1.807, 2.05) is 41.8 Å². The molecule has 1 amide bonds. The van der Waals surface area contributed by atoms with Crippen molar-refractivity contribution < 1.29 is 4.79 Å². The number of aryl methyl sites for hydroxylation is 1. The molecule has 1 N–H and O–H groups in total. The standard InChI is InChI=1S/C24H22N4OS/c1-4-13-28-16(2)14-20(17(28)3)21-15-30-24(26-21)27-22(29)11-10-19-8-5-7-18-9-6-12-25-23(18)19/h4-12,14-15H,1,13H2,2-3H3,(H,26,27,29)/b11-10+. The number of aromatic nitrogens is 3. The van der Waals surface area contributed by atoms with Gasteiger partial charge < -0.3 is 4.57 Å². The number of allylic oxidation sites excluding steroid dienone is 1. The van der Waals surface area contributed by atoms with Crippen LogP contribution in [-0.4, -0.2) is 20.4 Å². The van der Waals surface area contributed by atoms with Crippen molar-refractivity contribution in [1.29, 1.82) is 0 Å². The molecular formula is C24H22N4OS. The van der Waals surface area contributed by atoms with Gasteiger partial charge in [0.15, 0.2) is 5.13 Å². The Morgan fingerprint density at radius 2 is 2.10 bits per heavy atom. The number of nitrogens with one attached hydrogen (secondary N) is 1. The molecule has 0 aliphatic heterocycles. The Bertz CT molecular complexity index is 1260. The number of rotatable bonds is 6. The third kappa shape index (κ3) is 3.95. The number of hydrogen-bond acceptors (Lipinski definition) is 4. The first-order valence-corrected chi connectivity index (χ1v) is 10.5. The average molecular weight is 415 g/mol. The van der Waals surface area contributed by atoms with Crippen molar-refractivity contribution in [2.75, 3.05) is 5.32 Å². The topological polar surface area (TPSA) is 59.8 Å². The van der Waals surface area contributed by atoms with E-state index in [2.05, 4.69) is 46.3 Å². The predicted octanol–water partition coefficient (Wildman–Crippen LogP) is 5.61. The summed E-state index contributed by atoms with van der Waals surface area (Å²) >= 11 is 1.42. The van der Waals surface area contributed by atoms with E-state index in [0.29, 0.717) is 5.13 Å². The second kappa shape index (κ2) is 8.47. The lowest BCUT2D eigenvalue weighted by Crippen LogP contribution is -2.07. The number of anilines is 1. The summed E-state index contributed by atoms with van der Waals surface area (Å²) < 4.78 is 2.20. The molecule has 0 bridgehead atoms. The van der Waals surface area contributed by atoms with Gasteiger partial charge in [-0.2, -0.15) is 0 Å². The fraction of sp³-hybridized carbons (Fsp3) is 0.125. The van der Waals surface area contributed by atoms with E-state index in [-0.39, 0.29) is 5.91 Å². The van der Waals surface area contributed by atoms with Crippen LogP contribution in [0.5, 0.6) is 0 Å². The molecule has 4 aromatic rings. The van der Waals surface area contributed by atoms with Gasteiger partial charge in [-0.05, 0) is 32.1 Å². The van der Waals surface area contributed by atoms with Gasteiger partial charge >= 0.3 is 0 Å². The lowest BCUT2D eigenvalue weighted by molar-refractivity contribution is -0.111. The zero-order valence-corrected chi connectivity index (χ0v) is 17.7. The summed E-state index contributed by atoms with van der Waals surface area (Å²) in [7, 11) is 0. The first-order chi connectivity index (χ1) is 14.6. The molecule has 4 rings (SSSR count). The van der Waals surface area contributed by atoms with Crippen molar-refractivity contribution in [2.45, 2.75) is 20.4 Å². The average Bonchev–Trinajstić information content (AvgIpc) is 3.32.